The van der Waals surface area contributed by atoms with Crippen molar-refractivity contribution < 1.29 is 23.1 Å². The van der Waals surface area contributed by atoms with Crippen molar-refractivity contribution in [3.05, 3.63) is 89.2 Å². The van der Waals surface area contributed by atoms with Crippen LogP contribution in [0, 0.1) is 0 Å². The molecule has 2 N–H and O–H groups in total. The summed E-state index contributed by atoms with van der Waals surface area (Å²) >= 11 is 5.98. The number of alkyl halides is 2. The van der Waals surface area contributed by atoms with Gasteiger partial charge in [-0.15, -0.1) is 0 Å². The number of benzene rings is 3. The fourth-order valence-electron chi connectivity index (χ4n) is 3.64. The monoisotopic (exact) mass is 498 g/mol. The lowest BCUT2D eigenvalue weighted by Gasteiger charge is -2.16. The molecule has 0 aliphatic rings. The van der Waals surface area contributed by atoms with E-state index in [2.05, 4.69) is 20.4 Å². The highest BCUT2D eigenvalue weighted by atomic mass is 35.5. The predicted molar refractivity (Wildman–Crippen MR) is 129 cm³/mol. The summed E-state index contributed by atoms with van der Waals surface area (Å²) < 4.78 is 30.9. The molecule has 4 rings (SSSR count). The predicted octanol–water partition coefficient (Wildman–Crippen LogP) is 5.42. The molecule has 1 unspecified atom stereocenters. The van der Waals surface area contributed by atoms with Gasteiger partial charge in [0.05, 0.1) is 22.1 Å². The zero-order chi connectivity index (χ0) is 24.9. The van der Waals surface area contributed by atoms with E-state index in [1.54, 1.807) is 35.8 Å². The number of hydrogen-bond donors (Lipinski definition) is 2. The van der Waals surface area contributed by atoms with Gasteiger partial charge in [0, 0.05) is 11.3 Å². The number of amides is 2. The maximum Gasteiger partial charge on any atom is 0.387 e. The van der Waals surface area contributed by atoms with E-state index in [1.807, 2.05) is 30.3 Å². The van der Waals surface area contributed by atoms with Gasteiger partial charge in [0.25, 0.3) is 5.91 Å². The van der Waals surface area contributed by atoms with Crippen molar-refractivity contribution in [1.82, 2.24) is 14.9 Å². The summed E-state index contributed by atoms with van der Waals surface area (Å²) in [5.41, 5.74) is 2.22. The van der Waals surface area contributed by atoms with Gasteiger partial charge in [-0.1, -0.05) is 41.9 Å². The number of ether oxygens (including phenoxy) is 1. The van der Waals surface area contributed by atoms with Crippen LogP contribution in [0.15, 0.2) is 72.8 Å². The summed E-state index contributed by atoms with van der Waals surface area (Å²) in [5.74, 6) is -0.341. The van der Waals surface area contributed by atoms with E-state index in [0.29, 0.717) is 22.6 Å². The molecule has 1 aromatic heterocycles. The van der Waals surface area contributed by atoms with Crippen LogP contribution >= 0.6 is 11.6 Å². The van der Waals surface area contributed by atoms with Crippen molar-refractivity contribution >= 4 is 40.1 Å². The van der Waals surface area contributed by atoms with Gasteiger partial charge in [-0.05, 0) is 49.4 Å². The Morgan fingerprint density at radius 3 is 2.49 bits per heavy atom. The summed E-state index contributed by atoms with van der Waals surface area (Å²) in [5, 5.41) is 5.56. The molecule has 10 heteroatoms. The maximum absolute atomic E-state index is 12.9. The normalized spacial score (nSPS) is 11.9. The van der Waals surface area contributed by atoms with Crippen LogP contribution in [0.3, 0.4) is 0 Å². The highest BCUT2D eigenvalue weighted by Gasteiger charge is 2.21. The highest BCUT2D eigenvalue weighted by molar-refractivity contribution is 6.32. The van der Waals surface area contributed by atoms with Crippen LogP contribution in [0.2, 0.25) is 5.02 Å². The number of para-hydroxylation sites is 2. The first kappa shape index (κ1) is 24.2. The third-order valence-corrected chi connectivity index (χ3v) is 5.48. The standard InChI is InChI=1S/C25H21ClF2N4O3/c1-15(29-24(34)16-7-3-2-4-8-16)23-31-19-9-5-6-10-20(19)32(23)14-22(33)30-17-11-12-21(18(26)13-17)35-25(27)28/h2-13,15,25H,14H2,1H3,(H,29,34)(H,30,33). The lowest BCUT2D eigenvalue weighted by Crippen LogP contribution is -2.30. The van der Waals surface area contributed by atoms with Crippen molar-refractivity contribution in [2.24, 2.45) is 0 Å². The molecule has 0 spiro atoms. The van der Waals surface area contributed by atoms with E-state index < -0.39 is 18.6 Å². The number of hydrogen-bond acceptors (Lipinski definition) is 4. The number of imidazole rings is 1. The molecule has 0 aliphatic heterocycles. The molecule has 0 fully saturated rings. The summed E-state index contributed by atoms with van der Waals surface area (Å²) in [4.78, 5) is 30.2. The third kappa shape index (κ3) is 5.75. The smallest absolute Gasteiger partial charge is 0.387 e. The van der Waals surface area contributed by atoms with Crippen LogP contribution in [-0.4, -0.2) is 28.0 Å². The molecule has 1 atom stereocenters. The Labute approximate surface area is 204 Å². The third-order valence-electron chi connectivity index (χ3n) is 5.19. The number of halogens is 3. The number of aromatic nitrogens is 2. The molecule has 7 nitrogen and oxygen atoms in total. The average molecular weight is 499 g/mol. The molecule has 0 bridgehead atoms. The first-order valence-corrected chi connectivity index (χ1v) is 11.0. The molecule has 0 aliphatic carbocycles. The molecule has 0 saturated heterocycles. The molecule has 0 saturated carbocycles. The molecule has 4 aromatic rings. The van der Waals surface area contributed by atoms with E-state index in [9.17, 15) is 18.4 Å². The van der Waals surface area contributed by atoms with Gasteiger partial charge >= 0.3 is 6.61 Å². The fourth-order valence-corrected chi connectivity index (χ4v) is 3.86. The van der Waals surface area contributed by atoms with Crippen molar-refractivity contribution in [3.63, 3.8) is 0 Å². The fraction of sp³-hybridized carbons (Fsp3) is 0.160. The molecule has 3 aromatic carbocycles. The van der Waals surface area contributed by atoms with Gasteiger partial charge in [0.2, 0.25) is 5.91 Å². The number of fused-ring (bicyclic) bond motifs is 1. The minimum absolute atomic E-state index is 0.0610. The lowest BCUT2D eigenvalue weighted by atomic mass is 10.2. The highest BCUT2D eigenvalue weighted by Crippen LogP contribution is 2.29. The van der Waals surface area contributed by atoms with Crippen LogP contribution in [0.4, 0.5) is 14.5 Å². The van der Waals surface area contributed by atoms with E-state index in [-0.39, 0.29) is 23.2 Å². The second-order valence-electron chi connectivity index (χ2n) is 7.68. The van der Waals surface area contributed by atoms with Gasteiger partial charge in [-0.2, -0.15) is 8.78 Å². The minimum atomic E-state index is -3.01. The zero-order valence-electron chi connectivity index (χ0n) is 18.5. The first-order valence-electron chi connectivity index (χ1n) is 10.7. The van der Waals surface area contributed by atoms with Crippen LogP contribution in [0.25, 0.3) is 11.0 Å². The van der Waals surface area contributed by atoms with Crippen molar-refractivity contribution in [2.45, 2.75) is 26.1 Å². The molecule has 180 valence electrons. The number of anilines is 1. The zero-order valence-corrected chi connectivity index (χ0v) is 19.3. The Hall–Kier alpha value is -3.98. The molecule has 0 radical (unpaired) electrons. The molecular weight excluding hydrogens is 478 g/mol. The van der Waals surface area contributed by atoms with Gasteiger partial charge in [-0.3, -0.25) is 9.59 Å². The number of carbonyl (C=O) groups excluding carboxylic acids is 2. The van der Waals surface area contributed by atoms with E-state index in [0.717, 1.165) is 5.52 Å². The molecular formula is C25H21ClF2N4O3. The van der Waals surface area contributed by atoms with Crippen molar-refractivity contribution in [2.75, 3.05) is 5.32 Å². The van der Waals surface area contributed by atoms with Crippen molar-refractivity contribution in [1.29, 1.82) is 0 Å². The Morgan fingerprint density at radius 1 is 1.06 bits per heavy atom. The summed E-state index contributed by atoms with van der Waals surface area (Å²) in [7, 11) is 0. The largest absolute Gasteiger partial charge is 0.433 e. The molecule has 35 heavy (non-hydrogen) atoms. The van der Waals surface area contributed by atoms with E-state index in [4.69, 9.17) is 11.6 Å². The maximum atomic E-state index is 12.9. The van der Waals surface area contributed by atoms with Gasteiger partial charge in [0.15, 0.2) is 0 Å². The Kier molecular flexibility index (Phi) is 7.26. The molecule has 1 heterocycles. The Morgan fingerprint density at radius 2 is 1.77 bits per heavy atom. The summed E-state index contributed by atoms with van der Waals surface area (Å²) in [6.45, 7) is -1.32. The quantitative estimate of drug-likeness (QED) is 0.339. The number of nitrogens with one attached hydrogen (secondary N) is 2. The number of carbonyl (C=O) groups is 2. The van der Waals surface area contributed by atoms with Gasteiger partial charge in [0.1, 0.15) is 18.1 Å². The second kappa shape index (κ2) is 10.5. The second-order valence-corrected chi connectivity index (χ2v) is 8.09. The SMILES string of the molecule is CC(NC(=O)c1ccccc1)c1nc2ccccc2n1CC(=O)Nc1ccc(OC(F)F)c(Cl)c1. The average Bonchev–Trinajstić information content (AvgIpc) is 3.19. The summed E-state index contributed by atoms with van der Waals surface area (Å²) in [6, 6.07) is 19.6. The van der Waals surface area contributed by atoms with Crippen LogP contribution in [0.1, 0.15) is 29.1 Å². The minimum Gasteiger partial charge on any atom is -0.433 e. The van der Waals surface area contributed by atoms with E-state index in [1.165, 1.54) is 18.2 Å². The lowest BCUT2D eigenvalue weighted by molar-refractivity contribution is -0.116. The topological polar surface area (TPSA) is 85.2 Å². The Bertz CT molecular complexity index is 1360. The molecule has 2 amide bonds. The number of rotatable bonds is 8. The van der Waals surface area contributed by atoms with E-state index >= 15 is 0 Å². The van der Waals surface area contributed by atoms with Crippen LogP contribution < -0.4 is 15.4 Å². The van der Waals surface area contributed by atoms with Crippen LogP contribution in [-0.2, 0) is 11.3 Å². The summed E-state index contributed by atoms with van der Waals surface area (Å²) in [6.07, 6.45) is 0. The van der Waals surface area contributed by atoms with Gasteiger partial charge in [-0.25, -0.2) is 4.98 Å². The van der Waals surface area contributed by atoms with Crippen LogP contribution in [0.5, 0.6) is 5.75 Å². The number of nitrogens with zero attached hydrogens (tertiary/aromatic N) is 2. The first-order chi connectivity index (χ1) is 16.8. The van der Waals surface area contributed by atoms with Crippen molar-refractivity contribution in [3.8, 4) is 5.75 Å². The van der Waals surface area contributed by atoms with Gasteiger partial charge < -0.3 is 19.9 Å². The Balaban J connectivity index is 1.54.